The quantitative estimate of drug-likeness (QED) is 0.441. The van der Waals surface area contributed by atoms with Crippen molar-refractivity contribution in [3.05, 3.63) is 78.1 Å². The number of allylic oxidation sites excluding steroid dienone is 1. The Labute approximate surface area is 160 Å². The van der Waals surface area contributed by atoms with Gasteiger partial charge >= 0.3 is 0 Å². The van der Waals surface area contributed by atoms with Crippen LogP contribution in [0.2, 0.25) is 0 Å². The minimum absolute atomic E-state index is 0.00106. The maximum atomic E-state index is 12.0. The van der Waals surface area contributed by atoms with Gasteiger partial charge in [0.1, 0.15) is 5.82 Å². The summed E-state index contributed by atoms with van der Waals surface area (Å²) in [6.07, 6.45) is 4.03. The molecule has 0 aliphatic carbocycles. The minimum atomic E-state index is -0.00106. The minimum Gasteiger partial charge on any atom is -0.352 e. The molecule has 1 amide bonds. The van der Waals surface area contributed by atoms with E-state index in [2.05, 4.69) is 34.7 Å². The van der Waals surface area contributed by atoms with Crippen molar-refractivity contribution in [2.75, 3.05) is 6.54 Å². The first kappa shape index (κ1) is 18.9. The number of carbonyl (C=O) groups is 1. The number of amides is 1. The first-order valence-corrected chi connectivity index (χ1v) is 9.57. The van der Waals surface area contributed by atoms with Crippen LogP contribution in [0.5, 0.6) is 0 Å². The summed E-state index contributed by atoms with van der Waals surface area (Å²) in [4.78, 5) is 16.8. The highest BCUT2D eigenvalue weighted by atomic mass is 16.1. The summed E-state index contributed by atoms with van der Waals surface area (Å²) >= 11 is 0. The molecule has 0 atom stereocenters. The van der Waals surface area contributed by atoms with Crippen LogP contribution in [0.25, 0.3) is 11.0 Å². The Hall–Kier alpha value is -2.88. The lowest BCUT2D eigenvalue weighted by Gasteiger charge is -2.09. The molecule has 27 heavy (non-hydrogen) atoms. The highest BCUT2D eigenvalue weighted by molar-refractivity contribution is 5.94. The average Bonchev–Trinajstić information content (AvgIpc) is 3.02. The molecule has 0 saturated carbocycles. The summed E-state index contributed by atoms with van der Waals surface area (Å²) < 4.78 is 2.27. The van der Waals surface area contributed by atoms with Crippen LogP contribution in [0.15, 0.2) is 66.7 Å². The molecule has 4 nitrogen and oxygen atoms in total. The summed E-state index contributed by atoms with van der Waals surface area (Å²) in [6.45, 7) is 7.61. The van der Waals surface area contributed by atoms with Gasteiger partial charge in [0.15, 0.2) is 0 Å². The third-order valence-corrected chi connectivity index (χ3v) is 4.56. The van der Waals surface area contributed by atoms with E-state index in [0.717, 1.165) is 49.1 Å². The molecule has 0 radical (unpaired) electrons. The molecule has 0 aliphatic heterocycles. The number of fused-ring (bicyclic) bond motifs is 1. The number of hydrogen-bond donors (Lipinski definition) is 1. The fourth-order valence-corrected chi connectivity index (χ4v) is 3.24. The first-order chi connectivity index (χ1) is 13.1. The molecule has 4 heteroatoms. The van der Waals surface area contributed by atoms with Crippen LogP contribution in [0, 0.1) is 0 Å². The van der Waals surface area contributed by atoms with Crippen molar-refractivity contribution in [1.82, 2.24) is 14.9 Å². The molecule has 0 spiro atoms. The third-order valence-electron chi connectivity index (χ3n) is 4.56. The van der Waals surface area contributed by atoms with E-state index in [0.29, 0.717) is 12.1 Å². The number of nitrogens with one attached hydrogen (secondary N) is 1. The van der Waals surface area contributed by atoms with Crippen molar-refractivity contribution in [3.8, 4) is 0 Å². The molecule has 140 valence electrons. The number of benzene rings is 2. The Morgan fingerprint density at radius 1 is 1.04 bits per heavy atom. The normalized spacial score (nSPS) is 10.9. The number of aryl methyl sites for hydroxylation is 1. The molecular weight excluding hydrogens is 334 g/mol. The van der Waals surface area contributed by atoms with E-state index >= 15 is 0 Å². The molecular formula is C23H27N3O. The molecule has 0 aliphatic rings. The monoisotopic (exact) mass is 361 g/mol. The number of para-hydroxylation sites is 2. The number of hydrogen-bond acceptors (Lipinski definition) is 2. The Balaban J connectivity index is 1.48. The average molecular weight is 361 g/mol. The van der Waals surface area contributed by atoms with E-state index < -0.39 is 0 Å². The van der Waals surface area contributed by atoms with Crippen molar-refractivity contribution in [2.24, 2.45) is 0 Å². The summed E-state index contributed by atoms with van der Waals surface area (Å²) in [5, 5.41) is 2.99. The maximum Gasteiger partial charge on any atom is 0.251 e. The predicted octanol–water partition coefficient (Wildman–Crippen LogP) is 4.76. The molecule has 0 fully saturated rings. The Kier molecular flexibility index (Phi) is 6.42. The number of rotatable bonds is 9. The molecule has 0 saturated heterocycles. The van der Waals surface area contributed by atoms with Gasteiger partial charge in [-0.3, -0.25) is 4.79 Å². The topological polar surface area (TPSA) is 46.9 Å². The van der Waals surface area contributed by atoms with Crippen LogP contribution in [0.1, 0.15) is 42.4 Å². The van der Waals surface area contributed by atoms with E-state index in [4.69, 9.17) is 4.98 Å². The number of imidazole rings is 1. The summed E-state index contributed by atoms with van der Waals surface area (Å²) in [6, 6.07) is 17.6. The zero-order valence-corrected chi connectivity index (χ0v) is 15.9. The van der Waals surface area contributed by atoms with Gasteiger partial charge in [-0.05, 0) is 44.0 Å². The molecule has 2 aromatic carbocycles. The first-order valence-electron chi connectivity index (χ1n) is 9.57. The van der Waals surface area contributed by atoms with Gasteiger partial charge in [0, 0.05) is 25.1 Å². The van der Waals surface area contributed by atoms with Crippen molar-refractivity contribution in [3.63, 3.8) is 0 Å². The molecule has 1 heterocycles. The molecule has 0 bridgehead atoms. The summed E-state index contributed by atoms with van der Waals surface area (Å²) in [7, 11) is 0. The van der Waals surface area contributed by atoms with Gasteiger partial charge in [-0.1, -0.05) is 48.9 Å². The molecule has 3 rings (SSSR count). The Morgan fingerprint density at radius 3 is 2.56 bits per heavy atom. The fraction of sp³-hybridized carbons (Fsp3) is 0.304. The zero-order valence-electron chi connectivity index (χ0n) is 15.9. The van der Waals surface area contributed by atoms with Crippen LogP contribution in [0.4, 0.5) is 0 Å². The van der Waals surface area contributed by atoms with E-state index in [1.807, 2.05) is 43.3 Å². The second-order valence-electron chi connectivity index (χ2n) is 6.99. The molecule has 0 unspecified atom stereocenters. The van der Waals surface area contributed by atoms with Crippen molar-refractivity contribution in [2.45, 2.75) is 39.2 Å². The van der Waals surface area contributed by atoms with Crippen LogP contribution in [-0.4, -0.2) is 22.0 Å². The highest BCUT2D eigenvalue weighted by Gasteiger charge is 2.10. The van der Waals surface area contributed by atoms with E-state index in [1.165, 1.54) is 5.52 Å². The van der Waals surface area contributed by atoms with Crippen molar-refractivity contribution < 1.29 is 4.79 Å². The van der Waals surface area contributed by atoms with Crippen LogP contribution >= 0.6 is 0 Å². The summed E-state index contributed by atoms with van der Waals surface area (Å²) in [5.41, 5.74) is 4.06. The number of nitrogens with zero attached hydrogens (tertiary/aromatic N) is 2. The summed E-state index contributed by atoms with van der Waals surface area (Å²) in [5.74, 6) is 1.12. The number of carbonyl (C=O) groups excluding carboxylic acids is 1. The highest BCUT2D eigenvalue weighted by Crippen LogP contribution is 2.19. The van der Waals surface area contributed by atoms with Gasteiger partial charge in [0.25, 0.3) is 5.91 Å². The van der Waals surface area contributed by atoms with Gasteiger partial charge in [0.05, 0.1) is 11.0 Å². The molecule has 1 aromatic heterocycles. The Morgan fingerprint density at radius 2 is 1.78 bits per heavy atom. The predicted molar refractivity (Wildman–Crippen MR) is 111 cm³/mol. The van der Waals surface area contributed by atoms with Crippen molar-refractivity contribution in [1.29, 1.82) is 0 Å². The number of unbranched alkanes of at least 4 members (excludes halogenated alkanes) is 2. The largest absolute Gasteiger partial charge is 0.352 e. The lowest BCUT2D eigenvalue weighted by atomic mass is 10.1. The maximum absolute atomic E-state index is 12.0. The second kappa shape index (κ2) is 9.17. The lowest BCUT2D eigenvalue weighted by Crippen LogP contribution is -2.24. The standard InChI is InChI=1S/C23H27N3O/c1-18(2)17-26-21-14-9-8-13-20(21)25-22(26)15-7-4-10-16-24-23(27)19-11-5-3-6-12-19/h3,5-6,8-9,11-14H,1,4,7,10,15-17H2,2H3,(H,24,27). The Bertz CT molecular complexity index is 912. The van der Waals surface area contributed by atoms with Crippen LogP contribution < -0.4 is 5.32 Å². The molecule has 1 N–H and O–H groups in total. The van der Waals surface area contributed by atoms with Gasteiger partial charge in [-0.2, -0.15) is 0 Å². The SMILES string of the molecule is C=C(C)Cn1c(CCCCCNC(=O)c2ccccc2)nc2ccccc21. The van der Waals surface area contributed by atoms with Crippen molar-refractivity contribution >= 4 is 16.9 Å². The van der Waals surface area contributed by atoms with Gasteiger partial charge in [0.2, 0.25) is 0 Å². The van der Waals surface area contributed by atoms with Gasteiger partial charge in [-0.25, -0.2) is 4.98 Å². The van der Waals surface area contributed by atoms with E-state index in [9.17, 15) is 4.79 Å². The van der Waals surface area contributed by atoms with Crippen LogP contribution in [0.3, 0.4) is 0 Å². The van der Waals surface area contributed by atoms with Crippen LogP contribution in [-0.2, 0) is 13.0 Å². The lowest BCUT2D eigenvalue weighted by molar-refractivity contribution is 0.0953. The molecule has 3 aromatic rings. The smallest absolute Gasteiger partial charge is 0.251 e. The third kappa shape index (κ3) is 5.07. The van der Waals surface area contributed by atoms with E-state index in [-0.39, 0.29) is 5.91 Å². The van der Waals surface area contributed by atoms with Gasteiger partial charge < -0.3 is 9.88 Å². The second-order valence-corrected chi connectivity index (χ2v) is 6.99. The van der Waals surface area contributed by atoms with Gasteiger partial charge in [-0.15, -0.1) is 0 Å². The number of aromatic nitrogens is 2. The van der Waals surface area contributed by atoms with E-state index in [1.54, 1.807) is 0 Å². The zero-order chi connectivity index (χ0) is 19.1. The fourth-order valence-electron chi connectivity index (χ4n) is 3.24.